The van der Waals surface area contributed by atoms with Gasteiger partial charge in [-0.2, -0.15) is 0 Å². The number of hydrogen-bond acceptors (Lipinski definition) is 2. The van der Waals surface area contributed by atoms with Gasteiger partial charge in [-0.05, 0) is 59.5 Å². The lowest BCUT2D eigenvalue weighted by Crippen LogP contribution is -2.35. The van der Waals surface area contributed by atoms with Crippen molar-refractivity contribution in [2.24, 2.45) is 5.92 Å². The fraction of sp³-hybridized carbons (Fsp3) is 0.571. The molecule has 0 aromatic heterocycles. The van der Waals surface area contributed by atoms with E-state index in [1.807, 2.05) is 0 Å². The van der Waals surface area contributed by atoms with Crippen LogP contribution in [0.3, 0.4) is 0 Å². The Morgan fingerprint density at radius 3 is 2.24 bits per heavy atom. The van der Waals surface area contributed by atoms with Crippen LogP contribution in [0.4, 0.5) is 0 Å². The maximum atomic E-state index is 9.35. The Kier molecular flexibility index (Phi) is 6.44. The molecule has 0 aliphatic heterocycles. The molecule has 0 fully saturated rings. The first-order chi connectivity index (χ1) is 8.02. The number of hydrogen-bond donors (Lipinski definition) is 2. The zero-order valence-electron chi connectivity index (χ0n) is 10.8. The molecule has 0 saturated carbocycles. The molecule has 3 heteroatoms. The molecule has 96 valence electrons. The first-order valence-corrected chi connectivity index (χ1v) is 7.23. The van der Waals surface area contributed by atoms with Crippen molar-refractivity contribution < 1.29 is 5.11 Å². The molecule has 2 unspecified atom stereocenters. The van der Waals surface area contributed by atoms with E-state index in [2.05, 4.69) is 72.9 Å². The number of halogens is 1. The van der Waals surface area contributed by atoms with Crippen LogP contribution in [0.2, 0.25) is 0 Å². The van der Waals surface area contributed by atoms with E-state index in [0.717, 1.165) is 6.42 Å². The third-order valence-electron chi connectivity index (χ3n) is 2.83. The molecule has 0 heterocycles. The number of aliphatic hydroxyl groups is 1. The van der Waals surface area contributed by atoms with E-state index >= 15 is 0 Å². The summed E-state index contributed by atoms with van der Waals surface area (Å²) in [5, 5.41) is 12.8. The van der Waals surface area contributed by atoms with E-state index in [0.29, 0.717) is 5.92 Å². The Morgan fingerprint density at radius 2 is 1.76 bits per heavy atom. The predicted molar refractivity (Wildman–Crippen MR) is 81.0 cm³/mol. The molecule has 0 aliphatic rings. The average molecular weight is 347 g/mol. The van der Waals surface area contributed by atoms with Gasteiger partial charge in [-0.1, -0.05) is 26.0 Å². The summed E-state index contributed by atoms with van der Waals surface area (Å²) in [5.74, 6) is 0.601. The molecule has 1 aromatic rings. The molecule has 0 saturated heterocycles. The maximum Gasteiger partial charge on any atom is 0.0584 e. The Hall–Kier alpha value is -0.130. The normalized spacial score (nSPS) is 14.9. The molecule has 0 radical (unpaired) electrons. The minimum atomic E-state index is 0.185. The van der Waals surface area contributed by atoms with Crippen LogP contribution in [0.15, 0.2) is 24.3 Å². The Labute approximate surface area is 118 Å². The van der Waals surface area contributed by atoms with Crippen molar-refractivity contribution in [3.8, 4) is 0 Å². The molecular weight excluding hydrogens is 325 g/mol. The van der Waals surface area contributed by atoms with Crippen molar-refractivity contribution in [1.29, 1.82) is 0 Å². The highest BCUT2D eigenvalue weighted by atomic mass is 127. The third kappa shape index (κ3) is 5.36. The Bertz CT molecular complexity index is 323. The maximum absolute atomic E-state index is 9.35. The summed E-state index contributed by atoms with van der Waals surface area (Å²) in [7, 11) is 0. The highest BCUT2D eigenvalue weighted by molar-refractivity contribution is 14.1. The molecule has 0 bridgehead atoms. The SMILES string of the molecule is CC(C)CC(CO)NC(C)c1ccc(I)cc1. The Morgan fingerprint density at radius 1 is 1.18 bits per heavy atom. The molecular formula is C14H22INO. The fourth-order valence-electron chi connectivity index (χ4n) is 1.97. The molecule has 0 spiro atoms. The number of aliphatic hydroxyl groups excluding tert-OH is 1. The van der Waals surface area contributed by atoms with Gasteiger partial charge in [0, 0.05) is 15.7 Å². The minimum absolute atomic E-state index is 0.185. The van der Waals surface area contributed by atoms with E-state index in [1.165, 1.54) is 9.13 Å². The van der Waals surface area contributed by atoms with Gasteiger partial charge in [-0.15, -0.1) is 0 Å². The van der Waals surface area contributed by atoms with E-state index in [4.69, 9.17) is 0 Å². The lowest BCUT2D eigenvalue weighted by Gasteiger charge is -2.23. The summed E-state index contributed by atoms with van der Waals surface area (Å²) in [6.07, 6.45) is 1.01. The van der Waals surface area contributed by atoms with E-state index in [-0.39, 0.29) is 18.7 Å². The summed E-state index contributed by atoms with van der Waals surface area (Å²) in [4.78, 5) is 0. The van der Waals surface area contributed by atoms with Crippen LogP contribution < -0.4 is 5.32 Å². The van der Waals surface area contributed by atoms with Gasteiger partial charge >= 0.3 is 0 Å². The quantitative estimate of drug-likeness (QED) is 0.774. The zero-order valence-corrected chi connectivity index (χ0v) is 12.9. The number of nitrogens with one attached hydrogen (secondary N) is 1. The van der Waals surface area contributed by atoms with Crippen LogP contribution in [0.5, 0.6) is 0 Å². The van der Waals surface area contributed by atoms with Crippen LogP contribution in [0.1, 0.15) is 38.8 Å². The van der Waals surface area contributed by atoms with Crippen molar-refractivity contribution in [3.63, 3.8) is 0 Å². The Balaban J connectivity index is 2.57. The highest BCUT2D eigenvalue weighted by Gasteiger charge is 2.13. The summed E-state index contributed by atoms with van der Waals surface area (Å²) in [6, 6.07) is 8.98. The summed E-state index contributed by atoms with van der Waals surface area (Å²) < 4.78 is 1.25. The standard InChI is InChI=1S/C14H22INO/c1-10(2)8-14(9-17)16-11(3)12-4-6-13(15)7-5-12/h4-7,10-11,14,16-17H,8-9H2,1-3H3. The van der Waals surface area contributed by atoms with Gasteiger partial charge in [0.05, 0.1) is 6.61 Å². The molecule has 1 rings (SSSR count). The van der Waals surface area contributed by atoms with E-state index in [1.54, 1.807) is 0 Å². The molecule has 2 nitrogen and oxygen atoms in total. The predicted octanol–water partition coefficient (Wildman–Crippen LogP) is 3.35. The number of rotatable bonds is 6. The van der Waals surface area contributed by atoms with Crippen molar-refractivity contribution in [2.45, 2.75) is 39.3 Å². The molecule has 0 aliphatic carbocycles. The van der Waals surface area contributed by atoms with Crippen LogP contribution in [-0.2, 0) is 0 Å². The van der Waals surface area contributed by atoms with Crippen LogP contribution >= 0.6 is 22.6 Å². The van der Waals surface area contributed by atoms with E-state index in [9.17, 15) is 5.11 Å². The average Bonchev–Trinajstić information content (AvgIpc) is 2.28. The largest absolute Gasteiger partial charge is 0.395 e. The van der Waals surface area contributed by atoms with Gasteiger partial charge in [-0.25, -0.2) is 0 Å². The lowest BCUT2D eigenvalue weighted by atomic mass is 10.0. The lowest BCUT2D eigenvalue weighted by molar-refractivity contribution is 0.215. The second kappa shape index (κ2) is 7.34. The fourth-order valence-corrected chi connectivity index (χ4v) is 2.33. The second-order valence-electron chi connectivity index (χ2n) is 4.95. The smallest absolute Gasteiger partial charge is 0.0584 e. The highest BCUT2D eigenvalue weighted by Crippen LogP contribution is 2.16. The molecule has 17 heavy (non-hydrogen) atoms. The van der Waals surface area contributed by atoms with Crippen LogP contribution in [0.25, 0.3) is 0 Å². The van der Waals surface area contributed by atoms with Crippen molar-refractivity contribution >= 4 is 22.6 Å². The van der Waals surface area contributed by atoms with Crippen LogP contribution in [0, 0.1) is 9.49 Å². The molecule has 0 amide bonds. The van der Waals surface area contributed by atoms with Gasteiger partial charge in [0.2, 0.25) is 0 Å². The van der Waals surface area contributed by atoms with E-state index < -0.39 is 0 Å². The molecule has 2 N–H and O–H groups in total. The minimum Gasteiger partial charge on any atom is -0.395 e. The monoisotopic (exact) mass is 347 g/mol. The molecule has 2 atom stereocenters. The van der Waals surface area contributed by atoms with Crippen molar-refractivity contribution in [2.75, 3.05) is 6.61 Å². The first-order valence-electron chi connectivity index (χ1n) is 6.15. The third-order valence-corrected chi connectivity index (χ3v) is 3.55. The van der Waals surface area contributed by atoms with Crippen molar-refractivity contribution in [1.82, 2.24) is 5.32 Å². The zero-order chi connectivity index (χ0) is 12.8. The first kappa shape index (κ1) is 14.9. The molecule has 1 aromatic carbocycles. The van der Waals surface area contributed by atoms with Gasteiger partial charge in [-0.3, -0.25) is 0 Å². The number of benzene rings is 1. The summed E-state index contributed by atoms with van der Waals surface area (Å²) in [6.45, 7) is 6.71. The van der Waals surface area contributed by atoms with Crippen molar-refractivity contribution in [3.05, 3.63) is 33.4 Å². The second-order valence-corrected chi connectivity index (χ2v) is 6.19. The van der Waals surface area contributed by atoms with Gasteiger partial charge < -0.3 is 10.4 Å². The van der Waals surface area contributed by atoms with Gasteiger partial charge in [0.15, 0.2) is 0 Å². The van der Waals surface area contributed by atoms with Gasteiger partial charge in [0.1, 0.15) is 0 Å². The topological polar surface area (TPSA) is 32.3 Å². The summed E-state index contributed by atoms with van der Waals surface area (Å²) in [5.41, 5.74) is 1.27. The van der Waals surface area contributed by atoms with Gasteiger partial charge in [0.25, 0.3) is 0 Å². The van der Waals surface area contributed by atoms with Crippen LogP contribution in [-0.4, -0.2) is 17.8 Å². The summed E-state index contributed by atoms with van der Waals surface area (Å²) >= 11 is 2.31.